The molecule has 2 aromatic rings. The van der Waals surface area contributed by atoms with Crippen LogP contribution in [0.1, 0.15) is 22.8 Å². The molecule has 0 saturated heterocycles. The smallest absolute Gasteiger partial charge is 0.259 e. The van der Waals surface area contributed by atoms with E-state index >= 15 is 0 Å². The van der Waals surface area contributed by atoms with Crippen LogP contribution in [0.3, 0.4) is 0 Å². The number of fused-ring (bicyclic) bond motifs is 1. The lowest BCUT2D eigenvalue weighted by atomic mass is 10.1. The minimum absolute atomic E-state index is 0.0212. The number of likely N-dealkylation sites (N-methyl/N-ethyl adjacent to an activating group) is 1. The van der Waals surface area contributed by atoms with E-state index in [0.29, 0.717) is 39.5 Å². The number of allylic oxidation sites excluding steroid dienone is 1. The molecule has 0 atom stereocenters. The Kier molecular flexibility index (Phi) is 6.12. The van der Waals surface area contributed by atoms with Gasteiger partial charge in [0.2, 0.25) is 5.78 Å². The molecular weight excluding hydrogens is 442 g/mol. The predicted molar refractivity (Wildman–Crippen MR) is 111 cm³/mol. The molecule has 3 rings (SSSR count). The van der Waals surface area contributed by atoms with Crippen molar-refractivity contribution in [2.75, 3.05) is 27.3 Å². The molecule has 2 aromatic carbocycles. The third-order valence-electron chi connectivity index (χ3n) is 4.12. The number of phenols is 1. The van der Waals surface area contributed by atoms with Crippen molar-refractivity contribution in [3.8, 4) is 23.0 Å². The van der Waals surface area contributed by atoms with E-state index in [0.717, 1.165) is 0 Å². The van der Waals surface area contributed by atoms with E-state index in [4.69, 9.17) is 14.2 Å². The number of hydrogen-bond acceptors (Lipinski definition) is 6. The maximum Gasteiger partial charge on any atom is 0.259 e. The van der Waals surface area contributed by atoms with Crippen molar-refractivity contribution in [2.24, 2.45) is 0 Å². The topological polar surface area (TPSA) is 85.3 Å². The Hall–Kier alpha value is -3.00. The molecule has 0 aromatic heterocycles. The van der Waals surface area contributed by atoms with E-state index in [1.807, 2.05) is 6.92 Å². The number of ketones is 1. The van der Waals surface area contributed by atoms with Crippen LogP contribution in [0, 0.1) is 0 Å². The average Bonchev–Trinajstić information content (AvgIpc) is 2.95. The summed E-state index contributed by atoms with van der Waals surface area (Å²) in [5.74, 6) is 0.844. The second-order valence-corrected chi connectivity index (χ2v) is 7.31. The van der Waals surface area contributed by atoms with E-state index in [-0.39, 0.29) is 29.8 Å². The summed E-state index contributed by atoms with van der Waals surface area (Å²) in [7, 11) is 3.30. The van der Waals surface area contributed by atoms with Gasteiger partial charge in [-0.3, -0.25) is 9.59 Å². The summed E-state index contributed by atoms with van der Waals surface area (Å²) in [5.41, 5.74) is 1.03. The fourth-order valence-corrected chi connectivity index (χ4v) is 3.24. The van der Waals surface area contributed by atoms with Crippen molar-refractivity contribution in [1.82, 2.24) is 4.90 Å². The first-order chi connectivity index (χ1) is 13.8. The molecule has 0 spiro atoms. The van der Waals surface area contributed by atoms with Gasteiger partial charge in [-0.2, -0.15) is 0 Å². The fraction of sp³-hybridized carbons (Fsp3) is 0.238. The third kappa shape index (κ3) is 4.54. The quantitative estimate of drug-likeness (QED) is 0.660. The summed E-state index contributed by atoms with van der Waals surface area (Å²) in [5, 5.41) is 9.57. The van der Waals surface area contributed by atoms with Crippen molar-refractivity contribution in [2.45, 2.75) is 6.92 Å². The first kappa shape index (κ1) is 20.7. The van der Waals surface area contributed by atoms with E-state index in [2.05, 4.69) is 15.9 Å². The van der Waals surface area contributed by atoms with Crippen molar-refractivity contribution >= 4 is 33.7 Å². The van der Waals surface area contributed by atoms with Gasteiger partial charge in [0, 0.05) is 20.2 Å². The minimum Gasteiger partial charge on any atom is -0.508 e. The van der Waals surface area contributed by atoms with Gasteiger partial charge in [-0.15, -0.1) is 0 Å². The van der Waals surface area contributed by atoms with Crippen LogP contribution in [-0.2, 0) is 4.79 Å². The zero-order valence-corrected chi connectivity index (χ0v) is 17.8. The summed E-state index contributed by atoms with van der Waals surface area (Å²) < 4.78 is 17.5. The lowest BCUT2D eigenvalue weighted by Gasteiger charge is -2.16. The molecule has 7 nitrogen and oxygen atoms in total. The highest BCUT2D eigenvalue weighted by atomic mass is 79.9. The maximum atomic E-state index is 12.5. The van der Waals surface area contributed by atoms with Gasteiger partial charge in [0.1, 0.15) is 11.5 Å². The predicted octanol–water partition coefficient (Wildman–Crippen LogP) is 3.64. The van der Waals surface area contributed by atoms with Crippen molar-refractivity contribution in [1.29, 1.82) is 0 Å². The van der Waals surface area contributed by atoms with Crippen LogP contribution in [0.15, 0.2) is 40.6 Å². The highest BCUT2D eigenvalue weighted by Crippen LogP contribution is 2.39. The number of hydrogen-bond donors (Lipinski definition) is 1. The van der Waals surface area contributed by atoms with Crippen molar-refractivity contribution in [3.63, 3.8) is 0 Å². The third-order valence-corrected chi connectivity index (χ3v) is 4.71. The van der Waals surface area contributed by atoms with Gasteiger partial charge < -0.3 is 24.2 Å². The van der Waals surface area contributed by atoms with E-state index < -0.39 is 0 Å². The Morgan fingerprint density at radius 3 is 2.69 bits per heavy atom. The number of amides is 1. The van der Waals surface area contributed by atoms with Crippen LogP contribution in [0.2, 0.25) is 0 Å². The first-order valence-electron chi connectivity index (χ1n) is 8.86. The van der Waals surface area contributed by atoms with Crippen LogP contribution in [-0.4, -0.2) is 49.0 Å². The number of phenolic OH excluding ortho intramolecular Hbond substituents is 1. The average molecular weight is 462 g/mol. The maximum absolute atomic E-state index is 12.5. The number of aromatic hydroxyl groups is 1. The second kappa shape index (κ2) is 8.57. The van der Waals surface area contributed by atoms with Crippen LogP contribution < -0.4 is 14.2 Å². The van der Waals surface area contributed by atoms with Gasteiger partial charge >= 0.3 is 0 Å². The number of nitrogens with zero attached hydrogens (tertiary/aromatic N) is 1. The summed E-state index contributed by atoms with van der Waals surface area (Å²) >= 11 is 3.44. The van der Waals surface area contributed by atoms with E-state index in [9.17, 15) is 14.7 Å². The Morgan fingerprint density at radius 2 is 2.00 bits per heavy atom. The Bertz CT molecular complexity index is 999. The molecule has 0 bridgehead atoms. The van der Waals surface area contributed by atoms with Crippen LogP contribution in [0.5, 0.6) is 23.0 Å². The molecule has 152 valence electrons. The van der Waals surface area contributed by atoms with Crippen LogP contribution in [0.4, 0.5) is 0 Å². The molecule has 0 radical (unpaired) electrons. The molecule has 1 heterocycles. The number of carbonyl (C=O) groups is 2. The van der Waals surface area contributed by atoms with Gasteiger partial charge in [-0.25, -0.2) is 0 Å². The van der Waals surface area contributed by atoms with Gasteiger partial charge in [-0.05, 0) is 58.8 Å². The summed E-state index contributed by atoms with van der Waals surface area (Å²) in [6, 6.07) is 7.80. The zero-order chi connectivity index (χ0) is 21.1. The largest absolute Gasteiger partial charge is 0.508 e. The Balaban J connectivity index is 1.90. The van der Waals surface area contributed by atoms with Gasteiger partial charge in [-0.1, -0.05) is 0 Å². The number of ether oxygens (including phenoxy) is 3. The van der Waals surface area contributed by atoms with Gasteiger partial charge in [0.05, 0.1) is 16.6 Å². The fourth-order valence-electron chi connectivity index (χ4n) is 2.66. The highest BCUT2D eigenvalue weighted by molar-refractivity contribution is 9.10. The molecule has 0 saturated carbocycles. The van der Waals surface area contributed by atoms with E-state index in [1.54, 1.807) is 32.3 Å². The number of Topliss-reactive ketones (excluding diaryl/α,β-unsaturated/α-hetero) is 1. The zero-order valence-electron chi connectivity index (χ0n) is 16.2. The molecular formula is C21H20BrNO6. The monoisotopic (exact) mass is 461 g/mol. The van der Waals surface area contributed by atoms with Crippen LogP contribution >= 0.6 is 15.9 Å². The van der Waals surface area contributed by atoms with Gasteiger partial charge in [0.15, 0.2) is 23.9 Å². The number of carbonyl (C=O) groups excluding carboxylic acids is 2. The second-order valence-electron chi connectivity index (χ2n) is 6.46. The molecule has 1 aliphatic heterocycles. The summed E-state index contributed by atoms with van der Waals surface area (Å²) in [6.45, 7) is 2.09. The van der Waals surface area contributed by atoms with Crippen molar-refractivity contribution < 1.29 is 28.9 Å². The SMILES string of the molecule is CCOc1cc(/C=C2/Oc3cc(O)ccc3C2=O)cc(Br)c1OCC(=O)N(C)C. The number of rotatable bonds is 6. The number of halogens is 1. The summed E-state index contributed by atoms with van der Waals surface area (Å²) in [6.07, 6.45) is 1.58. The number of benzene rings is 2. The lowest BCUT2D eigenvalue weighted by Crippen LogP contribution is -2.27. The Labute approximate surface area is 176 Å². The molecule has 0 aliphatic carbocycles. The standard InChI is InChI=1S/C21H20BrNO6/c1-4-27-18-9-12(7-15(22)21(18)28-11-19(25)23(2)3)8-17-20(26)14-6-5-13(24)10-16(14)29-17/h5-10,24H,4,11H2,1-3H3/b17-8+. The van der Waals surface area contributed by atoms with Gasteiger partial charge in [0.25, 0.3) is 5.91 Å². The Morgan fingerprint density at radius 1 is 1.24 bits per heavy atom. The molecule has 1 amide bonds. The molecule has 29 heavy (non-hydrogen) atoms. The molecule has 8 heteroatoms. The van der Waals surface area contributed by atoms with Crippen LogP contribution in [0.25, 0.3) is 6.08 Å². The lowest BCUT2D eigenvalue weighted by molar-refractivity contribution is -0.130. The molecule has 1 N–H and O–H groups in total. The normalized spacial score (nSPS) is 13.8. The van der Waals surface area contributed by atoms with E-state index in [1.165, 1.54) is 23.1 Å². The highest BCUT2D eigenvalue weighted by Gasteiger charge is 2.27. The van der Waals surface area contributed by atoms with Crippen molar-refractivity contribution in [3.05, 3.63) is 51.7 Å². The minimum atomic E-state index is -0.272. The molecule has 1 aliphatic rings. The first-order valence-corrected chi connectivity index (χ1v) is 9.66. The molecule has 0 unspecified atom stereocenters. The summed E-state index contributed by atoms with van der Waals surface area (Å²) in [4.78, 5) is 25.8. The molecule has 0 fully saturated rings.